The van der Waals surface area contributed by atoms with E-state index in [2.05, 4.69) is 15.5 Å². The number of para-hydroxylation sites is 1. The van der Waals surface area contributed by atoms with Gasteiger partial charge in [0.25, 0.3) is 11.5 Å². The van der Waals surface area contributed by atoms with Gasteiger partial charge < -0.3 is 14.2 Å². The quantitative estimate of drug-likeness (QED) is 0.161. The summed E-state index contributed by atoms with van der Waals surface area (Å²) in [5.41, 5.74) is 4.09. The molecule has 36 heavy (non-hydrogen) atoms. The molecule has 9 nitrogen and oxygen atoms in total. The van der Waals surface area contributed by atoms with Gasteiger partial charge in [-0.1, -0.05) is 23.9 Å². The second kappa shape index (κ2) is 11.4. The van der Waals surface area contributed by atoms with Gasteiger partial charge in [0.2, 0.25) is 0 Å². The summed E-state index contributed by atoms with van der Waals surface area (Å²) in [5.74, 6) is 1.53. The number of carbonyl (C=O) groups excluding carboxylic acids is 1. The van der Waals surface area contributed by atoms with E-state index in [1.807, 2.05) is 6.07 Å². The minimum atomic E-state index is -0.359. The van der Waals surface area contributed by atoms with Gasteiger partial charge >= 0.3 is 0 Å². The molecule has 1 amide bonds. The lowest BCUT2D eigenvalue weighted by atomic mass is 10.2. The summed E-state index contributed by atoms with van der Waals surface area (Å²) >= 11 is 1.14. The van der Waals surface area contributed by atoms with E-state index in [9.17, 15) is 9.59 Å². The van der Waals surface area contributed by atoms with E-state index in [1.165, 1.54) is 10.8 Å². The second-order valence-electron chi connectivity index (χ2n) is 7.44. The molecule has 0 saturated heterocycles. The molecule has 0 aliphatic carbocycles. The Balaban J connectivity index is 1.55. The zero-order valence-electron chi connectivity index (χ0n) is 19.9. The molecule has 0 spiro atoms. The predicted octanol–water partition coefficient (Wildman–Crippen LogP) is 3.65. The fourth-order valence-electron chi connectivity index (χ4n) is 3.44. The Hall–Kier alpha value is -4.31. The van der Waals surface area contributed by atoms with Crippen LogP contribution in [0.15, 0.2) is 81.8 Å². The molecular formula is C26H24N4O5S. The number of nitrogens with one attached hydrogen (secondary N) is 1. The number of hydrogen-bond acceptors (Lipinski definition) is 8. The summed E-state index contributed by atoms with van der Waals surface area (Å²) in [6, 6.07) is 19.4. The second-order valence-corrected chi connectivity index (χ2v) is 8.38. The van der Waals surface area contributed by atoms with Gasteiger partial charge in [0.05, 0.1) is 49.9 Å². The molecule has 4 rings (SSSR count). The number of thioether (sulfide) groups is 1. The number of aromatic nitrogens is 2. The van der Waals surface area contributed by atoms with E-state index in [1.54, 1.807) is 82.0 Å². The van der Waals surface area contributed by atoms with Gasteiger partial charge in [-0.25, -0.2) is 10.4 Å². The molecule has 3 aromatic carbocycles. The number of amides is 1. The Morgan fingerprint density at radius 1 is 1.00 bits per heavy atom. The molecule has 4 aromatic rings. The zero-order valence-corrected chi connectivity index (χ0v) is 20.7. The van der Waals surface area contributed by atoms with Gasteiger partial charge in [-0.2, -0.15) is 5.10 Å². The number of ether oxygens (including phenoxy) is 3. The molecule has 0 fully saturated rings. The number of methoxy groups -OCH3 is 3. The van der Waals surface area contributed by atoms with Crippen molar-refractivity contribution in [2.45, 2.75) is 5.16 Å². The first-order valence-corrected chi connectivity index (χ1v) is 11.9. The molecule has 0 atom stereocenters. The molecular weight excluding hydrogens is 480 g/mol. The van der Waals surface area contributed by atoms with E-state index in [0.717, 1.165) is 11.8 Å². The lowest BCUT2D eigenvalue weighted by Gasteiger charge is -2.13. The molecule has 1 heterocycles. The number of nitrogens with zero attached hydrogens (tertiary/aromatic N) is 3. The van der Waals surface area contributed by atoms with Gasteiger partial charge in [0, 0.05) is 5.56 Å². The third kappa shape index (κ3) is 5.49. The van der Waals surface area contributed by atoms with Crippen LogP contribution >= 0.6 is 11.8 Å². The molecule has 1 aromatic heterocycles. The number of rotatable bonds is 9. The highest BCUT2D eigenvalue weighted by Gasteiger charge is 2.15. The third-order valence-corrected chi connectivity index (χ3v) is 6.18. The summed E-state index contributed by atoms with van der Waals surface area (Å²) in [6.45, 7) is 0. The Bertz CT molecular complexity index is 1470. The maximum absolute atomic E-state index is 13.3. The lowest BCUT2D eigenvalue weighted by Crippen LogP contribution is -2.24. The van der Waals surface area contributed by atoms with Crippen LogP contribution in [0, 0.1) is 0 Å². The van der Waals surface area contributed by atoms with Crippen molar-refractivity contribution in [3.05, 3.63) is 82.6 Å². The fourth-order valence-corrected chi connectivity index (χ4v) is 4.25. The number of fused-ring (bicyclic) bond motifs is 1. The first-order valence-electron chi connectivity index (χ1n) is 10.9. The van der Waals surface area contributed by atoms with Crippen molar-refractivity contribution in [3.8, 4) is 22.9 Å². The molecule has 0 bridgehead atoms. The van der Waals surface area contributed by atoms with Crippen LogP contribution in [-0.2, 0) is 4.79 Å². The average molecular weight is 505 g/mol. The number of hydrazone groups is 1. The largest absolute Gasteiger partial charge is 0.497 e. The number of hydrogen-bond donors (Lipinski definition) is 1. The maximum atomic E-state index is 13.3. The smallest absolute Gasteiger partial charge is 0.266 e. The standard InChI is InChI=1S/C26H24N4O5S/c1-33-19-10-8-18(9-11-19)30-25(32)21-6-4-5-7-22(21)28-26(30)36-16-24(31)29-27-15-17-14-20(34-2)12-13-23(17)35-3/h4-15H,16H2,1-3H3,(H,29,31). The van der Waals surface area contributed by atoms with E-state index >= 15 is 0 Å². The Labute approximate surface area is 211 Å². The van der Waals surface area contributed by atoms with Crippen LogP contribution in [0.25, 0.3) is 16.6 Å². The van der Waals surface area contributed by atoms with Crippen LogP contribution in [0.2, 0.25) is 0 Å². The highest BCUT2D eigenvalue weighted by molar-refractivity contribution is 7.99. The molecule has 0 aliphatic rings. The van der Waals surface area contributed by atoms with E-state index in [0.29, 0.717) is 44.6 Å². The number of carbonyl (C=O) groups is 1. The SMILES string of the molecule is COc1ccc(-n2c(SCC(=O)NN=Cc3cc(OC)ccc3OC)nc3ccccc3c2=O)cc1. The normalized spacial score (nSPS) is 11.0. The topological polar surface area (TPSA) is 104 Å². The van der Waals surface area contributed by atoms with Crippen LogP contribution < -0.4 is 25.2 Å². The van der Waals surface area contributed by atoms with Gasteiger partial charge in [0.1, 0.15) is 17.2 Å². The van der Waals surface area contributed by atoms with Crippen LogP contribution in [0.1, 0.15) is 5.56 Å². The monoisotopic (exact) mass is 504 g/mol. The molecule has 0 radical (unpaired) electrons. The minimum Gasteiger partial charge on any atom is -0.497 e. The van der Waals surface area contributed by atoms with Crippen molar-refractivity contribution in [2.75, 3.05) is 27.1 Å². The Kier molecular flexibility index (Phi) is 7.86. The van der Waals surface area contributed by atoms with E-state index in [4.69, 9.17) is 14.2 Å². The highest BCUT2D eigenvalue weighted by Crippen LogP contribution is 2.24. The summed E-state index contributed by atoms with van der Waals surface area (Å²) in [7, 11) is 4.69. The molecule has 184 valence electrons. The van der Waals surface area contributed by atoms with E-state index < -0.39 is 0 Å². The summed E-state index contributed by atoms with van der Waals surface area (Å²) < 4.78 is 17.2. The van der Waals surface area contributed by atoms with Gasteiger partial charge in [0.15, 0.2) is 5.16 Å². The molecule has 1 N–H and O–H groups in total. The van der Waals surface area contributed by atoms with Crippen molar-refractivity contribution in [1.82, 2.24) is 15.0 Å². The molecule has 0 unspecified atom stereocenters. The van der Waals surface area contributed by atoms with Crippen molar-refractivity contribution in [3.63, 3.8) is 0 Å². The van der Waals surface area contributed by atoms with Gasteiger partial charge in [-0.05, 0) is 54.6 Å². The summed E-state index contributed by atoms with van der Waals surface area (Å²) in [4.78, 5) is 30.5. The zero-order chi connectivity index (χ0) is 25.5. The Morgan fingerprint density at radius 2 is 1.72 bits per heavy atom. The maximum Gasteiger partial charge on any atom is 0.266 e. The van der Waals surface area contributed by atoms with Gasteiger partial charge in [-0.15, -0.1) is 0 Å². The van der Waals surface area contributed by atoms with Crippen molar-refractivity contribution in [1.29, 1.82) is 0 Å². The van der Waals surface area contributed by atoms with Crippen molar-refractivity contribution >= 4 is 34.8 Å². The van der Waals surface area contributed by atoms with Crippen LogP contribution in [0.5, 0.6) is 17.2 Å². The highest BCUT2D eigenvalue weighted by atomic mass is 32.2. The first kappa shape index (κ1) is 24.8. The minimum absolute atomic E-state index is 0.00643. The molecule has 10 heteroatoms. The predicted molar refractivity (Wildman–Crippen MR) is 140 cm³/mol. The van der Waals surface area contributed by atoms with Crippen LogP contribution in [0.3, 0.4) is 0 Å². The van der Waals surface area contributed by atoms with E-state index in [-0.39, 0.29) is 17.2 Å². The summed E-state index contributed by atoms with van der Waals surface area (Å²) in [5, 5.41) is 4.90. The Morgan fingerprint density at radius 3 is 2.44 bits per heavy atom. The number of benzene rings is 3. The lowest BCUT2D eigenvalue weighted by molar-refractivity contribution is -0.118. The summed E-state index contributed by atoms with van der Waals surface area (Å²) in [6.07, 6.45) is 1.48. The first-order chi connectivity index (χ1) is 17.5. The fraction of sp³-hybridized carbons (Fsp3) is 0.154. The third-order valence-electron chi connectivity index (χ3n) is 5.24. The average Bonchev–Trinajstić information content (AvgIpc) is 2.92. The molecule has 0 saturated carbocycles. The van der Waals surface area contributed by atoms with Crippen LogP contribution in [0.4, 0.5) is 0 Å². The van der Waals surface area contributed by atoms with Gasteiger partial charge in [-0.3, -0.25) is 14.2 Å². The molecule has 0 aliphatic heterocycles. The van der Waals surface area contributed by atoms with Crippen molar-refractivity contribution < 1.29 is 19.0 Å². The van der Waals surface area contributed by atoms with Crippen LogP contribution in [-0.4, -0.2) is 48.8 Å². The van der Waals surface area contributed by atoms with Crippen molar-refractivity contribution in [2.24, 2.45) is 5.10 Å².